The average Bonchev–Trinajstić information content (AvgIpc) is 2.55. The average molecular weight is 181 g/mol. The van der Waals surface area contributed by atoms with Crippen molar-refractivity contribution in [2.75, 3.05) is 7.05 Å². The summed E-state index contributed by atoms with van der Waals surface area (Å²) in [6.45, 7) is 6.10. The van der Waals surface area contributed by atoms with Gasteiger partial charge in [0.2, 0.25) is 0 Å². The molecule has 1 rings (SSSR count). The van der Waals surface area contributed by atoms with Crippen LogP contribution >= 0.6 is 0 Å². The third-order valence-corrected chi connectivity index (χ3v) is 3.10. The maximum atomic E-state index is 3.98. The van der Waals surface area contributed by atoms with E-state index in [-0.39, 0.29) is 0 Å². The lowest BCUT2D eigenvalue weighted by molar-refractivity contribution is 0.402. The minimum absolute atomic E-state index is 0.667. The molecule has 13 heavy (non-hydrogen) atoms. The normalized spacial score (nSPS) is 20.5. The number of hydrogen-bond acceptors (Lipinski definition) is 1. The van der Waals surface area contributed by atoms with Gasteiger partial charge in [-0.15, -0.1) is 6.58 Å². The number of rotatable bonds is 5. The highest BCUT2D eigenvalue weighted by atomic mass is 14.9. The van der Waals surface area contributed by atoms with Gasteiger partial charge >= 0.3 is 0 Å². The van der Waals surface area contributed by atoms with Crippen LogP contribution in [0.25, 0.3) is 0 Å². The summed E-state index contributed by atoms with van der Waals surface area (Å²) in [6.07, 6.45) is 8.31. The first-order chi connectivity index (χ1) is 6.22. The molecular formula is C12H23N. The van der Waals surface area contributed by atoms with E-state index in [1.807, 2.05) is 0 Å². The Morgan fingerprint density at radius 2 is 2.08 bits per heavy atom. The van der Waals surface area contributed by atoms with Crippen LogP contribution in [-0.4, -0.2) is 13.1 Å². The summed E-state index contributed by atoms with van der Waals surface area (Å²) in [4.78, 5) is 0. The van der Waals surface area contributed by atoms with Gasteiger partial charge in [-0.3, -0.25) is 0 Å². The quantitative estimate of drug-likeness (QED) is 0.643. The first-order valence-corrected chi connectivity index (χ1v) is 5.54. The third-order valence-electron chi connectivity index (χ3n) is 3.10. The van der Waals surface area contributed by atoms with Gasteiger partial charge in [0, 0.05) is 6.04 Å². The highest BCUT2D eigenvalue weighted by molar-refractivity contribution is 4.93. The topological polar surface area (TPSA) is 12.0 Å². The Morgan fingerprint density at radius 1 is 1.46 bits per heavy atom. The van der Waals surface area contributed by atoms with Gasteiger partial charge in [-0.25, -0.2) is 0 Å². The molecule has 0 radical (unpaired) electrons. The fourth-order valence-electron chi connectivity index (χ4n) is 2.37. The van der Waals surface area contributed by atoms with Crippen LogP contribution in [0.3, 0.4) is 0 Å². The van der Waals surface area contributed by atoms with Crippen LogP contribution in [0, 0.1) is 5.92 Å². The molecule has 1 aliphatic carbocycles. The van der Waals surface area contributed by atoms with Gasteiger partial charge in [0.1, 0.15) is 0 Å². The maximum absolute atomic E-state index is 3.98. The molecule has 1 fully saturated rings. The second kappa shape index (κ2) is 5.43. The van der Waals surface area contributed by atoms with E-state index in [1.165, 1.54) is 37.7 Å². The molecule has 1 saturated carbocycles. The van der Waals surface area contributed by atoms with Crippen molar-refractivity contribution in [1.82, 2.24) is 5.32 Å². The smallest absolute Gasteiger partial charge is 0.0104 e. The summed E-state index contributed by atoms with van der Waals surface area (Å²) < 4.78 is 0. The maximum Gasteiger partial charge on any atom is 0.0104 e. The van der Waals surface area contributed by atoms with Crippen LogP contribution in [0.1, 0.15) is 45.4 Å². The molecule has 1 N–H and O–H groups in total. The van der Waals surface area contributed by atoms with E-state index < -0.39 is 0 Å². The molecule has 0 aliphatic heterocycles. The highest BCUT2D eigenvalue weighted by Crippen LogP contribution is 2.29. The van der Waals surface area contributed by atoms with E-state index in [4.69, 9.17) is 0 Å². The van der Waals surface area contributed by atoms with Gasteiger partial charge in [-0.2, -0.15) is 0 Å². The summed E-state index contributed by atoms with van der Waals surface area (Å²) in [5.74, 6) is 0.983. The van der Waals surface area contributed by atoms with E-state index >= 15 is 0 Å². The summed E-state index contributed by atoms with van der Waals surface area (Å²) in [6, 6.07) is 0.667. The zero-order chi connectivity index (χ0) is 9.68. The van der Waals surface area contributed by atoms with Crippen molar-refractivity contribution in [3.05, 3.63) is 12.2 Å². The van der Waals surface area contributed by atoms with Gasteiger partial charge in [0.15, 0.2) is 0 Å². The fourth-order valence-corrected chi connectivity index (χ4v) is 2.37. The minimum atomic E-state index is 0.667. The first kappa shape index (κ1) is 10.8. The predicted molar refractivity (Wildman–Crippen MR) is 58.9 cm³/mol. The molecular weight excluding hydrogens is 158 g/mol. The molecule has 0 saturated heterocycles. The second-order valence-electron chi connectivity index (χ2n) is 4.53. The van der Waals surface area contributed by atoms with Crippen molar-refractivity contribution in [3.8, 4) is 0 Å². The van der Waals surface area contributed by atoms with Gasteiger partial charge in [-0.05, 0) is 32.7 Å². The molecule has 0 aromatic rings. The Balaban J connectivity index is 2.25. The van der Waals surface area contributed by atoms with Gasteiger partial charge in [-0.1, -0.05) is 31.3 Å². The van der Waals surface area contributed by atoms with Crippen molar-refractivity contribution in [1.29, 1.82) is 0 Å². The highest BCUT2D eigenvalue weighted by Gasteiger charge is 2.18. The molecule has 0 bridgehead atoms. The first-order valence-electron chi connectivity index (χ1n) is 5.54. The van der Waals surface area contributed by atoms with Crippen molar-refractivity contribution in [2.24, 2.45) is 5.92 Å². The van der Waals surface area contributed by atoms with Crippen molar-refractivity contribution < 1.29 is 0 Å². The molecule has 1 heteroatoms. The molecule has 1 unspecified atom stereocenters. The number of nitrogens with one attached hydrogen (secondary N) is 1. The zero-order valence-corrected chi connectivity index (χ0v) is 9.10. The summed E-state index contributed by atoms with van der Waals surface area (Å²) in [5.41, 5.74) is 1.30. The molecule has 0 aromatic carbocycles. The van der Waals surface area contributed by atoms with Crippen LogP contribution in [0.4, 0.5) is 0 Å². The Bertz CT molecular complexity index is 157. The molecule has 0 spiro atoms. The second-order valence-corrected chi connectivity index (χ2v) is 4.53. The zero-order valence-electron chi connectivity index (χ0n) is 9.10. The third kappa shape index (κ3) is 3.95. The van der Waals surface area contributed by atoms with Gasteiger partial charge in [0.05, 0.1) is 0 Å². The SMILES string of the molecule is C=C(C)CC(CC1CCCC1)NC. The molecule has 0 heterocycles. The number of hydrogen-bond donors (Lipinski definition) is 1. The molecule has 1 nitrogen and oxygen atoms in total. The van der Waals surface area contributed by atoms with E-state index in [9.17, 15) is 0 Å². The Kier molecular flexibility index (Phi) is 4.51. The van der Waals surface area contributed by atoms with Crippen LogP contribution in [0.5, 0.6) is 0 Å². The summed E-state index contributed by atoms with van der Waals surface area (Å²) in [5, 5.41) is 3.40. The Morgan fingerprint density at radius 3 is 2.54 bits per heavy atom. The van der Waals surface area contributed by atoms with E-state index in [0.717, 1.165) is 12.3 Å². The van der Waals surface area contributed by atoms with Crippen LogP contribution in [-0.2, 0) is 0 Å². The Hall–Kier alpha value is -0.300. The molecule has 1 aliphatic rings. The lowest BCUT2D eigenvalue weighted by Gasteiger charge is -2.19. The van der Waals surface area contributed by atoms with Crippen LogP contribution in [0.2, 0.25) is 0 Å². The molecule has 76 valence electrons. The molecule has 1 atom stereocenters. The molecule has 0 aromatic heterocycles. The van der Waals surface area contributed by atoms with Crippen molar-refractivity contribution in [3.63, 3.8) is 0 Å². The van der Waals surface area contributed by atoms with E-state index in [2.05, 4.69) is 25.9 Å². The lowest BCUT2D eigenvalue weighted by Crippen LogP contribution is -2.27. The van der Waals surface area contributed by atoms with Gasteiger partial charge in [0.25, 0.3) is 0 Å². The summed E-state index contributed by atoms with van der Waals surface area (Å²) >= 11 is 0. The summed E-state index contributed by atoms with van der Waals surface area (Å²) in [7, 11) is 2.07. The van der Waals surface area contributed by atoms with E-state index in [1.54, 1.807) is 0 Å². The molecule has 0 amide bonds. The van der Waals surface area contributed by atoms with Crippen molar-refractivity contribution >= 4 is 0 Å². The largest absolute Gasteiger partial charge is 0.317 e. The van der Waals surface area contributed by atoms with Gasteiger partial charge < -0.3 is 5.32 Å². The lowest BCUT2D eigenvalue weighted by atomic mass is 9.95. The van der Waals surface area contributed by atoms with Crippen molar-refractivity contribution in [2.45, 2.75) is 51.5 Å². The van der Waals surface area contributed by atoms with Crippen LogP contribution < -0.4 is 5.32 Å². The predicted octanol–water partition coefficient (Wildman–Crippen LogP) is 3.12. The standard InChI is InChI=1S/C12H23N/c1-10(2)8-12(13-3)9-11-6-4-5-7-11/h11-13H,1,4-9H2,2-3H3. The van der Waals surface area contributed by atoms with E-state index in [0.29, 0.717) is 6.04 Å². The Labute approximate surface area is 82.6 Å². The fraction of sp³-hybridized carbons (Fsp3) is 0.833. The van der Waals surface area contributed by atoms with Crippen LogP contribution in [0.15, 0.2) is 12.2 Å². The monoisotopic (exact) mass is 181 g/mol. The minimum Gasteiger partial charge on any atom is -0.317 e.